The summed E-state index contributed by atoms with van der Waals surface area (Å²) in [4.78, 5) is 61.1. The van der Waals surface area contributed by atoms with E-state index in [-0.39, 0.29) is 41.4 Å². The van der Waals surface area contributed by atoms with E-state index < -0.39 is 12.1 Å². The molecule has 1 saturated heterocycles. The van der Waals surface area contributed by atoms with Crippen molar-refractivity contribution < 1.29 is 23.5 Å². The van der Waals surface area contributed by atoms with Gasteiger partial charge in [-0.15, -0.1) is 0 Å². The van der Waals surface area contributed by atoms with Gasteiger partial charge in [-0.25, -0.2) is 19.2 Å². The number of halogens is 1. The number of alkyl carbamates (subject to hydrolysis) is 1. The molecule has 2 saturated carbocycles. The Morgan fingerprint density at radius 3 is 2.36 bits per heavy atom. The lowest BCUT2D eigenvalue weighted by atomic mass is 9.78. The van der Waals surface area contributed by atoms with Crippen LogP contribution in [0, 0.1) is 29.5 Å². The summed E-state index contributed by atoms with van der Waals surface area (Å²) < 4.78 is 20.5. The van der Waals surface area contributed by atoms with Crippen LogP contribution in [0.1, 0.15) is 75.1 Å². The number of likely N-dealkylation sites (tertiary alicyclic amines) is 1. The zero-order chi connectivity index (χ0) is 38.9. The van der Waals surface area contributed by atoms with Gasteiger partial charge >= 0.3 is 6.09 Å². The molecular weight excluding hydrogens is 712 g/mol. The number of ether oxygens (including phenoxy) is 1. The second-order valence-electron chi connectivity index (χ2n) is 15.6. The molecule has 3 unspecified atom stereocenters. The van der Waals surface area contributed by atoms with E-state index in [1.54, 1.807) is 29.6 Å². The monoisotopic (exact) mass is 758 g/mol. The third-order valence-corrected chi connectivity index (χ3v) is 11.9. The van der Waals surface area contributed by atoms with E-state index in [4.69, 9.17) is 9.72 Å². The molecule has 6 atom stereocenters. The number of pyridine rings is 1. The van der Waals surface area contributed by atoms with Crippen molar-refractivity contribution in [3.8, 4) is 33.6 Å². The molecule has 3 amide bonds. The molecule has 0 radical (unpaired) electrons. The number of nitrogens with one attached hydrogen (secondary N) is 4. The molecule has 3 aromatic heterocycles. The fraction of sp³-hybridized carbons (Fsp3) is 0.395. The summed E-state index contributed by atoms with van der Waals surface area (Å²) in [5.41, 5.74) is 5.25. The maximum atomic E-state index is 15.7. The second-order valence-corrected chi connectivity index (χ2v) is 15.6. The van der Waals surface area contributed by atoms with Crippen LogP contribution in [0.5, 0.6) is 0 Å². The Balaban J connectivity index is 0.937. The number of fused-ring (bicyclic) bond motifs is 2. The van der Waals surface area contributed by atoms with Gasteiger partial charge in [0.15, 0.2) is 0 Å². The number of amides is 3. The lowest BCUT2D eigenvalue weighted by Crippen LogP contribution is -2.51. The Bertz CT molecular complexity index is 2200. The minimum absolute atomic E-state index is 0.0430. The van der Waals surface area contributed by atoms with Crippen LogP contribution < -0.4 is 10.6 Å². The maximum absolute atomic E-state index is 15.7. The Hall–Kier alpha value is -5.85. The van der Waals surface area contributed by atoms with Gasteiger partial charge in [0.25, 0.3) is 0 Å². The minimum atomic E-state index is -0.728. The van der Waals surface area contributed by atoms with Crippen LogP contribution in [-0.4, -0.2) is 67.4 Å². The predicted octanol–water partition coefficient (Wildman–Crippen LogP) is 7.16. The van der Waals surface area contributed by atoms with Crippen molar-refractivity contribution >= 4 is 17.9 Å². The van der Waals surface area contributed by atoms with Crippen LogP contribution in [0.4, 0.5) is 9.18 Å². The van der Waals surface area contributed by atoms with E-state index in [1.807, 2.05) is 62.5 Å². The Kier molecular flexibility index (Phi) is 10.4. The third kappa shape index (κ3) is 7.29. The molecular formula is C43H47FN8O4. The molecule has 290 valence electrons. The van der Waals surface area contributed by atoms with E-state index >= 15 is 4.39 Å². The number of carbonyl (C=O) groups excluding carboxylic acids is 3. The van der Waals surface area contributed by atoms with Crippen molar-refractivity contribution in [1.29, 1.82) is 0 Å². The number of aromatic amines is 2. The number of nitrogens with zero attached hydrogens (tertiary/aromatic N) is 4. The summed E-state index contributed by atoms with van der Waals surface area (Å²) in [5, 5.41) is 5.82. The molecule has 3 aliphatic rings. The number of H-pyrrole nitrogens is 2. The molecule has 3 fully saturated rings. The molecule has 5 aromatic rings. The van der Waals surface area contributed by atoms with Gasteiger partial charge in [0.05, 0.1) is 42.9 Å². The summed E-state index contributed by atoms with van der Waals surface area (Å²) in [6.07, 6.45) is 11.1. The number of hydrogen-bond acceptors (Lipinski definition) is 7. The highest BCUT2D eigenvalue weighted by atomic mass is 19.1. The fourth-order valence-electron chi connectivity index (χ4n) is 9.12. The molecule has 2 bridgehead atoms. The summed E-state index contributed by atoms with van der Waals surface area (Å²) in [6, 6.07) is 15.7. The number of methoxy groups -OCH3 is 1. The van der Waals surface area contributed by atoms with Crippen molar-refractivity contribution in [2.45, 2.75) is 70.5 Å². The van der Waals surface area contributed by atoms with Gasteiger partial charge in [-0.05, 0) is 78.7 Å². The van der Waals surface area contributed by atoms with Crippen LogP contribution in [-0.2, 0) is 20.9 Å². The van der Waals surface area contributed by atoms with Crippen molar-refractivity contribution in [3.05, 3.63) is 102 Å². The molecule has 8 rings (SSSR count). The SMILES string of the molecule is COC(=O)N[C@H](C(=O)N1CCC[C@H]1c1ncc(-c2ccc(-c3ccc(-c4cnc(C5C6CCC(C6)[C@@H]5C(=O)NCc5cccnc5)[nH]4)cc3)c(F)c2)[nH]1)C(C)C. The highest BCUT2D eigenvalue weighted by Crippen LogP contribution is 2.56. The molecule has 4 heterocycles. The van der Waals surface area contributed by atoms with Crippen LogP contribution >= 0.6 is 0 Å². The van der Waals surface area contributed by atoms with Crippen LogP contribution in [0.25, 0.3) is 33.6 Å². The Morgan fingerprint density at radius 1 is 0.911 bits per heavy atom. The van der Waals surface area contributed by atoms with Crippen molar-refractivity contribution in [2.75, 3.05) is 13.7 Å². The molecule has 13 heteroatoms. The van der Waals surface area contributed by atoms with Gasteiger partial charge in [0.1, 0.15) is 23.5 Å². The van der Waals surface area contributed by atoms with E-state index in [9.17, 15) is 14.4 Å². The number of hydrogen-bond donors (Lipinski definition) is 4. The first-order chi connectivity index (χ1) is 27.2. The summed E-state index contributed by atoms with van der Waals surface area (Å²) in [6.45, 7) is 4.75. The average molecular weight is 759 g/mol. The smallest absolute Gasteiger partial charge is 0.407 e. The summed E-state index contributed by atoms with van der Waals surface area (Å²) >= 11 is 0. The van der Waals surface area contributed by atoms with Gasteiger partial charge in [0, 0.05) is 42.5 Å². The van der Waals surface area contributed by atoms with Crippen LogP contribution in [0.2, 0.25) is 0 Å². The lowest BCUT2D eigenvalue weighted by Gasteiger charge is -2.30. The van der Waals surface area contributed by atoms with Crippen molar-refractivity contribution in [1.82, 2.24) is 40.5 Å². The van der Waals surface area contributed by atoms with E-state index in [2.05, 4.69) is 30.6 Å². The molecule has 0 spiro atoms. The minimum Gasteiger partial charge on any atom is -0.453 e. The van der Waals surface area contributed by atoms with Crippen LogP contribution in [0.15, 0.2) is 79.4 Å². The third-order valence-electron chi connectivity index (χ3n) is 11.9. The zero-order valence-electron chi connectivity index (χ0n) is 31.8. The van der Waals surface area contributed by atoms with Crippen LogP contribution in [0.3, 0.4) is 0 Å². The zero-order valence-corrected chi connectivity index (χ0v) is 31.8. The predicted molar refractivity (Wildman–Crippen MR) is 208 cm³/mol. The van der Waals surface area contributed by atoms with Crippen molar-refractivity contribution in [3.63, 3.8) is 0 Å². The number of carbonyl (C=O) groups is 3. The molecule has 12 nitrogen and oxygen atoms in total. The highest BCUT2D eigenvalue weighted by molar-refractivity contribution is 5.86. The summed E-state index contributed by atoms with van der Waals surface area (Å²) in [5.74, 6) is 1.56. The van der Waals surface area contributed by atoms with Gasteiger partial charge in [-0.1, -0.05) is 56.3 Å². The van der Waals surface area contributed by atoms with Crippen molar-refractivity contribution in [2.24, 2.45) is 23.7 Å². The molecule has 1 aliphatic heterocycles. The quantitative estimate of drug-likeness (QED) is 0.111. The number of aromatic nitrogens is 5. The topological polar surface area (TPSA) is 158 Å². The fourth-order valence-corrected chi connectivity index (χ4v) is 9.12. The molecule has 56 heavy (non-hydrogen) atoms. The number of rotatable bonds is 11. The normalized spacial score (nSPS) is 22.0. The second kappa shape index (κ2) is 15.7. The van der Waals surface area contributed by atoms with E-state index in [0.717, 1.165) is 60.3 Å². The highest BCUT2D eigenvalue weighted by Gasteiger charge is 2.52. The van der Waals surface area contributed by atoms with Gasteiger partial charge in [-0.2, -0.15) is 0 Å². The number of imidazole rings is 2. The van der Waals surface area contributed by atoms with E-state index in [1.165, 1.54) is 13.2 Å². The van der Waals surface area contributed by atoms with Gasteiger partial charge in [-0.3, -0.25) is 14.6 Å². The maximum Gasteiger partial charge on any atom is 0.407 e. The standard InChI is InChI=1S/C43H47FN8O4/c1-24(2)38(51-43(55)56-3)42(54)52-17-5-7-35(52)39-46-23-34(49-39)28-14-15-31(32(44)19-28)26-8-10-27(11-9-26)33-22-47-40(50-33)36-29-12-13-30(18-29)37(36)41(53)48-21-25-6-4-16-45-20-25/h4,6,8-11,14-16,19-20,22-24,29-30,35-38H,5,7,12-13,17-18,21H2,1-3H3,(H,46,49)(H,47,50)(H,48,53)(H,51,55)/t29?,30?,35-,36?,37-,38-/m0/s1. The largest absolute Gasteiger partial charge is 0.453 e. The van der Waals surface area contributed by atoms with Gasteiger partial charge in [0.2, 0.25) is 11.8 Å². The average Bonchev–Trinajstić information content (AvgIpc) is 4.07. The molecule has 2 aliphatic carbocycles. The van der Waals surface area contributed by atoms with E-state index in [0.29, 0.717) is 47.6 Å². The molecule has 4 N–H and O–H groups in total. The Labute approximate surface area is 325 Å². The first-order valence-electron chi connectivity index (χ1n) is 19.5. The first kappa shape index (κ1) is 37.1. The first-order valence-corrected chi connectivity index (χ1v) is 19.5. The van der Waals surface area contributed by atoms with Gasteiger partial charge < -0.3 is 30.2 Å². The number of benzene rings is 2. The summed E-state index contributed by atoms with van der Waals surface area (Å²) in [7, 11) is 1.27. The lowest BCUT2D eigenvalue weighted by molar-refractivity contribution is -0.135. The molecule has 2 aromatic carbocycles. The Morgan fingerprint density at radius 2 is 1.62 bits per heavy atom.